The second-order valence-electron chi connectivity index (χ2n) is 8.90. The third-order valence-electron chi connectivity index (χ3n) is 6.40. The predicted molar refractivity (Wildman–Crippen MR) is 154 cm³/mol. The van der Waals surface area contributed by atoms with E-state index < -0.39 is 0 Å². The number of ether oxygens (including phenoxy) is 2. The van der Waals surface area contributed by atoms with Gasteiger partial charge in [0.15, 0.2) is 16.6 Å². The summed E-state index contributed by atoms with van der Waals surface area (Å²) in [6.45, 7) is 2.44. The van der Waals surface area contributed by atoms with Crippen LogP contribution in [0.25, 0.3) is 16.6 Å². The van der Waals surface area contributed by atoms with Crippen LogP contribution in [0.1, 0.15) is 32.1 Å². The van der Waals surface area contributed by atoms with Crippen molar-refractivity contribution < 1.29 is 19.1 Å². The van der Waals surface area contributed by atoms with Gasteiger partial charge in [-0.1, -0.05) is 42.5 Å². The molecule has 5 rings (SSSR count). The lowest BCUT2D eigenvalue weighted by atomic mass is 10.1. The van der Waals surface area contributed by atoms with E-state index in [1.165, 1.54) is 11.3 Å². The number of fused-ring (bicyclic) bond motifs is 1. The average molecular weight is 541 g/mol. The summed E-state index contributed by atoms with van der Waals surface area (Å²) in [5.74, 6) is 0.690. The lowest BCUT2D eigenvalue weighted by Gasteiger charge is -2.13. The Balaban J connectivity index is 1.27. The number of carbonyl (C=O) groups excluding carboxylic acids is 2. The molecule has 8 nitrogen and oxygen atoms in total. The van der Waals surface area contributed by atoms with Gasteiger partial charge in [-0.2, -0.15) is 0 Å². The highest BCUT2D eigenvalue weighted by Crippen LogP contribution is 2.29. The Hall–Kier alpha value is -4.63. The van der Waals surface area contributed by atoms with Gasteiger partial charge < -0.3 is 19.4 Å². The molecule has 3 aromatic carbocycles. The van der Waals surface area contributed by atoms with Crippen molar-refractivity contribution in [3.63, 3.8) is 0 Å². The zero-order chi connectivity index (χ0) is 27.4. The number of nitrogens with one attached hydrogen (secondary N) is 2. The highest BCUT2D eigenvalue weighted by molar-refractivity contribution is 7.14. The van der Waals surface area contributed by atoms with Gasteiger partial charge in [-0.05, 0) is 54.8 Å². The largest absolute Gasteiger partial charge is 0.493 e. The van der Waals surface area contributed by atoms with Crippen molar-refractivity contribution in [3.8, 4) is 17.2 Å². The van der Waals surface area contributed by atoms with Crippen LogP contribution in [0, 0.1) is 6.92 Å². The van der Waals surface area contributed by atoms with E-state index in [-0.39, 0.29) is 17.5 Å². The maximum Gasteiger partial charge on any atom is 0.274 e. The number of carbonyl (C=O) groups is 2. The molecule has 198 valence electrons. The Morgan fingerprint density at radius 3 is 2.49 bits per heavy atom. The predicted octanol–water partition coefficient (Wildman–Crippen LogP) is 5.64. The van der Waals surface area contributed by atoms with Crippen LogP contribution in [0.2, 0.25) is 0 Å². The number of aromatic nitrogens is 2. The molecule has 2 amide bonds. The molecule has 0 radical (unpaired) electrons. The van der Waals surface area contributed by atoms with Crippen LogP contribution in [-0.2, 0) is 6.42 Å². The van der Waals surface area contributed by atoms with Crippen LogP contribution in [0.3, 0.4) is 0 Å². The Kier molecular flexibility index (Phi) is 7.60. The smallest absolute Gasteiger partial charge is 0.274 e. The number of hydrogen-bond acceptors (Lipinski definition) is 6. The first kappa shape index (κ1) is 26.0. The average Bonchev–Trinajstić information content (AvgIpc) is 3.58. The summed E-state index contributed by atoms with van der Waals surface area (Å²) < 4.78 is 12.6. The molecule has 0 spiro atoms. The van der Waals surface area contributed by atoms with Gasteiger partial charge in [0, 0.05) is 23.0 Å². The van der Waals surface area contributed by atoms with Gasteiger partial charge in [0.1, 0.15) is 11.4 Å². The van der Waals surface area contributed by atoms with Gasteiger partial charge in [-0.25, -0.2) is 4.98 Å². The number of hydrogen-bond donors (Lipinski definition) is 2. The minimum absolute atomic E-state index is 0.252. The van der Waals surface area contributed by atoms with Gasteiger partial charge in [0.05, 0.1) is 19.7 Å². The van der Waals surface area contributed by atoms with Crippen molar-refractivity contribution in [2.75, 3.05) is 26.1 Å². The molecule has 0 bridgehead atoms. The van der Waals surface area contributed by atoms with Crippen LogP contribution < -0.4 is 20.1 Å². The number of amides is 2. The number of anilines is 1. The van der Waals surface area contributed by atoms with Gasteiger partial charge in [0.2, 0.25) is 0 Å². The van der Waals surface area contributed by atoms with E-state index in [4.69, 9.17) is 9.47 Å². The number of aryl methyl sites for hydroxylation is 1. The fraction of sp³-hybridized carbons (Fsp3) is 0.167. The maximum absolute atomic E-state index is 13.4. The van der Waals surface area contributed by atoms with Gasteiger partial charge in [0.25, 0.3) is 11.8 Å². The molecule has 5 aromatic rings. The zero-order valence-corrected chi connectivity index (χ0v) is 22.7. The van der Waals surface area contributed by atoms with E-state index in [0.29, 0.717) is 35.3 Å². The van der Waals surface area contributed by atoms with E-state index >= 15 is 0 Å². The monoisotopic (exact) mass is 540 g/mol. The molecule has 0 unspecified atom stereocenters. The minimum Gasteiger partial charge on any atom is -0.493 e. The number of thiazole rings is 1. The minimum atomic E-state index is -0.304. The molecule has 0 aliphatic rings. The SMILES string of the molecule is COc1ccc(CCNC(=O)c2csc(NC(=O)c3cc4ccccc4n3-c3ccccc3C)n2)cc1OC. The van der Waals surface area contributed by atoms with Crippen molar-refractivity contribution in [1.82, 2.24) is 14.9 Å². The van der Waals surface area contributed by atoms with Crippen molar-refractivity contribution in [1.29, 1.82) is 0 Å². The molecule has 0 aliphatic heterocycles. The lowest BCUT2D eigenvalue weighted by molar-refractivity contribution is 0.0948. The van der Waals surface area contributed by atoms with Crippen molar-refractivity contribution in [2.24, 2.45) is 0 Å². The molecule has 0 aliphatic carbocycles. The number of rotatable bonds is 9. The summed E-state index contributed by atoms with van der Waals surface area (Å²) in [6, 6.07) is 23.3. The normalized spacial score (nSPS) is 10.8. The molecule has 0 atom stereocenters. The van der Waals surface area contributed by atoms with Crippen LogP contribution in [-0.4, -0.2) is 42.1 Å². The summed E-state index contributed by atoms with van der Waals surface area (Å²) in [5.41, 5.74) is 4.66. The summed E-state index contributed by atoms with van der Waals surface area (Å²) in [5, 5.41) is 8.70. The third kappa shape index (κ3) is 5.49. The van der Waals surface area contributed by atoms with Crippen LogP contribution in [0.15, 0.2) is 78.2 Å². The second-order valence-corrected chi connectivity index (χ2v) is 9.76. The Morgan fingerprint density at radius 2 is 1.69 bits per heavy atom. The summed E-state index contributed by atoms with van der Waals surface area (Å²) >= 11 is 1.21. The molecular formula is C30H28N4O4S. The van der Waals surface area contributed by atoms with Crippen LogP contribution in [0.5, 0.6) is 11.5 Å². The Bertz CT molecular complexity index is 1660. The van der Waals surface area contributed by atoms with E-state index in [9.17, 15) is 9.59 Å². The highest BCUT2D eigenvalue weighted by atomic mass is 32.1. The molecule has 0 saturated carbocycles. The summed E-state index contributed by atoms with van der Waals surface area (Å²) in [4.78, 5) is 30.5. The quantitative estimate of drug-likeness (QED) is 0.252. The van der Waals surface area contributed by atoms with E-state index in [2.05, 4.69) is 15.6 Å². The Morgan fingerprint density at radius 1 is 0.923 bits per heavy atom. The van der Waals surface area contributed by atoms with Crippen molar-refractivity contribution in [2.45, 2.75) is 13.3 Å². The number of methoxy groups -OCH3 is 2. The van der Waals surface area contributed by atoms with Crippen molar-refractivity contribution in [3.05, 3.63) is 101 Å². The third-order valence-corrected chi connectivity index (χ3v) is 7.16. The first-order valence-corrected chi connectivity index (χ1v) is 13.3. The number of para-hydroxylation sites is 2. The van der Waals surface area contributed by atoms with Gasteiger partial charge in [-0.15, -0.1) is 11.3 Å². The first-order chi connectivity index (χ1) is 19.0. The molecule has 9 heteroatoms. The summed E-state index contributed by atoms with van der Waals surface area (Å²) in [6.07, 6.45) is 0.614. The molecule has 39 heavy (non-hydrogen) atoms. The van der Waals surface area contributed by atoms with Crippen LogP contribution in [0.4, 0.5) is 5.13 Å². The second kappa shape index (κ2) is 11.4. The number of benzene rings is 3. The molecule has 0 fully saturated rings. The maximum atomic E-state index is 13.4. The molecule has 2 N–H and O–H groups in total. The number of nitrogens with zero attached hydrogens (tertiary/aromatic N) is 2. The van der Waals surface area contributed by atoms with E-state index in [1.807, 2.05) is 84.3 Å². The Labute approximate surface area is 230 Å². The lowest BCUT2D eigenvalue weighted by Crippen LogP contribution is -2.26. The van der Waals surface area contributed by atoms with Crippen LogP contribution >= 0.6 is 11.3 Å². The fourth-order valence-corrected chi connectivity index (χ4v) is 5.13. The van der Waals surface area contributed by atoms with Crippen molar-refractivity contribution >= 4 is 39.2 Å². The summed E-state index contributed by atoms with van der Waals surface area (Å²) in [7, 11) is 3.18. The highest BCUT2D eigenvalue weighted by Gasteiger charge is 2.20. The molecule has 0 saturated heterocycles. The van der Waals surface area contributed by atoms with Gasteiger partial charge >= 0.3 is 0 Å². The van der Waals surface area contributed by atoms with Gasteiger partial charge in [-0.3, -0.25) is 14.9 Å². The fourth-order valence-electron chi connectivity index (χ4n) is 4.44. The van der Waals surface area contributed by atoms with E-state index in [1.54, 1.807) is 19.6 Å². The topological polar surface area (TPSA) is 94.5 Å². The standard InChI is InChI=1S/C30H28N4O4S/c1-19-8-4-6-10-23(19)34-24-11-7-5-9-21(24)17-25(34)29(36)33-30-32-22(18-39-30)28(35)31-15-14-20-12-13-26(37-2)27(16-20)38-3/h4-13,16-18H,14-15H2,1-3H3,(H,31,35)(H,32,33,36). The van der Waals surface area contributed by atoms with E-state index in [0.717, 1.165) is 27.7 Å². The molecular weight excluding hydrogens is 512 g/mol. The first-order valence-electron chi connectivity index (χ1n) is 12.4. The molecule has 2 heterocycles. The zero-order valence-electron chi connectivity index (χ0n) is 21.9. The molecule has 2 aromatic heterocycles.